The Morgan fingerprint density at radius 1 is 0.800 bits per heavy atom. The van der Waals surface area contributed by atoms with E-state index in [1.54, 1.807) is 31.2 Å². The third kappa shape index (κ3) is 10.9. The third-order valence-corrected chi connectivity index (χ3v) is 5.18. The number of halogens is 4. The van der Waals surface area contributed by atoms with Gasteiger partial charge in [0.1, 0.15) is 19.5 Å². The molecule has 5 nitrogen and oxygen atoms in total. The summed E-state index contributed by atoms with van der Waals surface area (Å²) in [5, 5.41) is 9.06. The smallest absolute Gasteiger partial charge is 0.178 e. The molecule has 0 amide bonds. The minimum Gasteiger partial charge on any atom is -0.387 e. The van der Waals surface area contributed by atoms with Crippen molar-refractivity contribution in [3.63, 3.8) is 0 Å². The number of aliphatic hydroxyl groups is 1. The van der Waals surface area contributed by atoms with Gasteiger partial charge in [-0.2, -0.15) is 0 Å². The van der Waals surface area contributed by atoms with Gasteiger partial charge in [-0.25, -0.2) is 15.0 Å². The van der Waals surface area contributed by atoms with Crippen LogP contribution in [0, 0.1) is 0 Å². The summed E-state index contributed by atoms with van der Waals surface area (Å²) in [5.74, 6) is -0.0127. The van der Waals surface area contributed by atoms with Crippen molar-refractivity contribution in [3.8, 4) is 0 Å². The molecule has 0 fully saturated rings. The minimum atomic E-state index is -0.488. The van der Waals surface area contributed by atoms with E-state index in [1.165, 1.54) is 6.92 Å². The summed E-state index contributed by atoms with van der Waals surface area (Å²) in [7, 11) is 0. The fraction of sp³-hybridized carbons (Fsp3) is 0.238. The van der Waals surface area contributed by atoms with E-state index in [0.717, 1.165) is 14.9 Å². The van der Waals surface area contributed by atoms with E-state index >= 15 is 0 Å². The van der Waals surface area contributed by atoms with Gasteiger partial charge in [-0.1, -0.05) is 34.1 Å². The zero-order chi connectivity index (χ0) is 22.7. The zero-order valence-corrected chi connectivity index (χ0v) is 22.9. The standard InChI is InChI=1S/C7H7Br2N.C7H8BrNO.C7H6BrNO/c1-5(8)6-3-2-4-7(9)10-6;2*1-5(10)6-3-2-4-7(8)9-6/h2-5H,1H3;2-5,10H,1H3;2-4H,1H3. The summed E-state index contributed by atoms with van der Waals surface area (Å²) < 4.78 is 2.34. The SMILES string of the molecule is CC(=O)c1cccc(Br)n1.CC(Br)c1cccc(Br)n1.CC(O)c1cccc(Br)n1. The number of hydrogen-bond donors (Lipinski definition) is 1. The van der Waals surface area contributed by atoms with Crippen LogP contribution in [0.3, 0.4) is 0 Å². The molecule has 0 spiro atoms. The van der Waals surface area contributed by atoms with E-state index in [4.69, 9.17) is 5.11 Å². The van der Waals surface area contributed by atoms with Gasteiger partial charge in [-0.15, -0.1) is 0 Å². The second-order valence-electron chi connectivity index (χ2n) is 5.96. The second kappa shape index (κ2) is 14.1. The van der Waals surface area contributed by atoms with E-state index in [-0.39, 0.29) is 5.78 Å². The van der Waals surface area contributed by atoms with Crippen LogP contribution in [0.2, 0.25) is 0 Å². The number of hydrogen-bond acceptors (Lipinski definition) is 5. The molecule has 0 radical (unpaired) electrons. The van der Waals surface area contributed by atoms with Crippen molar-refractivity contribution in [2.75, 3.05) is 0 Å². The van der Waals surface area contributed by atoms with Gasteiger partial charge in [0.2, 0.25) is 0 Å². The first-order chi connectivity index (χ1) is 14.1. The van der Waals surface area contributed by atoms with Gasteiger partial charge in [0.15, 0.2) is 5.78 Å². The van der Waals surface area contributed by atoms with Crippen molar-refractivity contribution < 1.29 is 9.90 Å². The molecule has 0 aliphatic rings. The monoisotopic (exact) mass is 663 g/mol. The lowest BCUT2D eigenvalue weighted by atomic mass is 10.2. The average Bonchev–Trinajstić information content (AvgIpc) is 2.69. The number of carbonyl (C=O) groups is 1. The highest BCUT2D eigenvalue weighted by atomic mass is 79.9. The summed E-state index contributed by atoms with van der Waals surface area (Å²) in [4.78, 5) is 23.3. The number of aliphatic hydroxyl groups excluding tert-OH is 1. The predicted octanol–water partition coefficient (Wildman–Crippen LogP) is 7.24. The van der Waals surface area contributed by atoms with Crippen molar-refractivity contribution in [2.45, 2.75) is 31.7 Å². The van der Waals surface area contributed by atoms with Gasteiger partial charge < -0.3 is 5.11 Å². The maximum atomic E-state index is 10.7. The van der Waals surface area contributed by atoms with Crippen LogP contribution in [0.1, 0.15) is 53.6 Å². The van der Waals surface area contributed by atoms with Gasteiger partial charge in [0.05, 0.1) is 22.3 Å². The van der Waals surface area contributed by atoms with Gasteiger partial charge in [-0.05, 0) is 98.0 Å². The van der Waals surface area contributed by atoms with Gasteiger partial charge in [0, 0.05) is 6.92 Å². The van der Waals surface area contributed by atoms with Crippen molar-refractivity contribution in [3.05, 3.63) is 85.5 Å². The maximum absolute atomic E-state index is 10.7. The minimum absolute atomic E-state index is 0.0127. The largest absolute Gasteiger partial charge is 0.387 e. The lowest BCUT2D eigenvalue weighted by Gasteiger charge is -2.01. The topological polar surface area (TPSA) is 76.0 Å². The van der Waals surface area contributed by atoms with Crippen LogP contribution in [0.15, 0.2) is 68.4 Å². The molecule has 0 aliphatic heterocycles. The Bertz CT molecular complexity index is 903. The lowest BCUT2D eigenvalue weighted by molar-refractivity contribution is 0.101. The van der Waals surface area contributed by atoms with Crippen LogP contribution >= 0.6 is 63.7 Å². The average molecular weight is 667 g/mol. The van der Waals surface area contributed by atoms with E-state index < -0.39 is 6.10 Å². The van der Waals surface area contributed by atoms with Crippen molar-refractivity contribution in [2.24, 2.45) is 0 Å². The molecule has 0 saturated heterocycles. The molecule has 160 valence electrons. The first-order valence-electron chi connectivity index (χ1n) is 8.80. The van der Waals surface area contributed by atoms with E-state index in [0.29, 0.717) is 20.8 Å². The lowest BCUT2D eigenvalue weighted by Crippen LogP contribution is -1.95. The van der Waals surface area contributed by atoms with E-state index in [9.17, 15) is 4.79 Å². The number of aromatic nitrogens is 3. The first-order valence-corrected chi connectivity index (χ1v) is 12.1. The second-order valence-corrected chi connectivity index (χ2v) is 9.78. The fourth-order valence-corrected chi connectivity index (χ4v) is 3.22. The molecule has 0 aromatic carbocycles. The molecule has 30 heavy (non-hydrogen) atoms. The van der Waals surface area contributed by atoms with Crippen LogP contribution in [0.4, 0.5) is 0 Å². The highest BCUT2D eigenvalue weighted by Gasteiger charge is 2.01. The normalized spacial score (nSPS) is 11.9. The van der Waals surface area contributed by atoms with Crippen LogP contribution < -0.4 is 0 Å². The Morgan fingerprint density at radius 3 is 1.53 bits per heavy atom. The molecule has 0 aliphatic carbocycles. The maximum Gasteiger partial charge on any atom is 0.178 e. The summed E-state index contributed by atoms with van der Waals surface area (Å²) in [6.07, 6.45) is -0.488. The third-order valence-electron chi connectivity index (χ3n) is 3.38. The molecule has 1 N–H and O–H groups in total. The van der Waals surface area contributed by atoms with Crippen molar-refractivity contribution in [1.29, 1.82) is 0 Å². The highest BCUT2D eigenvalue weighted by Crippen LogP contribution is 2.20. The molecule has 2 unspecified atom stereocenters. The number of nitrogens with zero attached hydrogens (tertiary/aromatic N) is 3. The molecular weight excluding hydrogens is 646 g/mol. The van der Waals surface area contributed by atoms with Gasteiger partial charge >= 0.3 is 0 Å². The van der Waals surface area contributed by atoms with Crippen LogP contribution in [0.25, 0.3) is 0 Å². The van der Waals surface area contributed by atoms with Crippen molar-refractivity contribution in [1.82, 2.24) is 15.0 Å². The van der Waals surface area contributed by atoms with Crippen LogP contribution in [-0.2, 0) is 0 Å². The van der Waals surface area contributed by atoms with Crippen LogP contribution in [0.5, 0.6) is 0 Å². The number of carbonyl (C=O) groups excluding carboxylic acids is 1. The summed E-state index contributed by atoms with van der Waals surface area (Å²) in [5.41, 5.74) is 2.23. The Balaban J connectivity index is 0.000000225. The molecule has 0 saturated carbocycles. The highest BCUT2D eigenvalue weighted by molar-refractivity contribution is 9.11. The van der Waals surface area contributed by atoms with Crippen molar-refractivity contribution >= 4 is 69.5 Å². The number of rotatable bonds is 3. The number of ketones is 1. The Morgan fingerprint density at radius 2 is 1.23 bits per heavy atom. The summed E-state index contributed by atoms with van der Waals surface area (Å²) in [6, 6.07) is 16.6. The van der Waals surface area contributed by atoms with Gasteiger partial charge in [-0.3, -0.25) is 4.79 Å². The Kier molecular flexibility index (Phi) is 12.7. The van der Waals surface area contributed by atoms with E-state index in [1.807, 2.05) is 30.3 Å². The first kappa shape index (κ1) is 27.0. The van der Waals surface area contributed by atoms with E-state index in [2.05, 4.69) is 85.6 Å². The number of pyridine rings is 3. The molecule has 3 aromatic rings. The molecule has 9 heteroatoms. The zero-order valence-electron chi connectivity index (χ0n) is 16.6. The van der Waals surface area contributed by atoms with Crippen LogP contribution in [-0.4, -0.2) is 25.8 Å². The molecular formula is C21H21Br4N3O2. The number of alkyl halides is 1. The molecule has 3 heterocycles. The predicted molar refractivity (Wildman–Crippen MR) is 134 cm³/mol. The number of Topliss-reactive ketones (excluding diaryl/α,β-unsaturated/α-hetero) is 1. The summed E-state index contributed by atoms with van der Waals surface area (Å²) >= 11 is 13.1. The Labute approximate surface area is 210 Å². The van der Waals surface area contributed by atoms with Gasteiger partial charge in [0.25, 0.3) is 0 Å². The fourth-order valence-electron chi connectivity index (χ4n) is 1.91. The summed E-state index contributed by atoms with van der Waals surface area (Å²) in [6.45, 7) is 5.23. The molecule has 2 atom stereocenters. The molecule has 3 rings (SSSR count). The molecule has 3 aromatic heterocycles. The molecule has 0 bridgehead atoms. The quantitative estimate of drug-likeness (QED) is 0.181. The Hall–Kier alpha value is -1.00.